The van der Waals surface area contributed by atoms with Crippen LogP contribution in [0.5, 0.6) is 5.75 Å². The highest BCUT2D eigenvalue weighted by atomic mass is 32.2. The molecule has 1 saturated heterocycles. The Bertz CT molecular complexity index is 1270. The van der Waals surface area contributed by atoms with Gasteiger partial charge in [-0.1, -0.05) is 17.8 Å². The predicted octanol–water partition coefficient (Wildman–Crippen LogP) is 3.65. The summed E-state index contributed by atoms with van der Waals surface area (Å²) in [6.45, 7) is 3.77. The number of carbonyl (C=O) groups is 1. The number of methoxy groups -OCH3 is 1. The number of hydrogen-bond acceptors (Lipinski definition) is 5. The molecule has 2 aromatic carbocycles. The van der Waals surface area contributed by atoms with Crippen LogP contribution in [-0.2, 0) is 16.6 Å². The van der Waals surface area contributed by atoms with Gasteiger partial charge in [0.05, 0.1) is 22.2 Å². The standard InChI is InChI=1S/C22H25N3O4S2/c1-3-25-19-12-9-17(29-2)15-20(19)30-22(25)23-21(26)16-7-10-18(11-8-16)31(27,28)24-13-5-4-6-14-24/h7-12,15H,3-6,13-14H2,1-2H3. The molecule has 1 fully saturated rings. The number of aryl methyl sites for hydroxylation is 1. The smallest absolute Gasteiger partial charge is 0.279 e. The highest BCUT2D eigenvalue weighted by Crippen LogP contribution is 2.24. The van der Waals surface area contributed by atoms with Gasteiger partial charge in [0, 0.05) is 25.2 Å². The summed E-state index contributed by atoms with van der Waals surface area (Å²) in [6, 6.07) is 11.8. The largest absolute Gasteiger partial charge is 0.497 e. The number of rotatable bonds is 5. The Morgan fingerprint density at radius 2 is 1.81 bits per heavy atom. The maximum absolute atomic E-state index is 12.8. The maximum atomic E-state index is 12.8. The molecular formula is C22H25N3O4S2. The van der Waals surface area contributed by atoms with Gasteiger partial charge >= 0.3 is 0 Å². The van der Waals surface area contributed by atoms with Crippen molar-refractivity contribution >= 4 is 37.5 Å². The van der Waals surface area contributed by atoms with E-state index in [0.717, 1.165) is 35.2 Å². The summed E-state index contributed by atoms with van der Waals surface area (Å²) in [4.78, 5) is 17.9. The van der Waals surface area contributed by atoms with Gasteiger partial charge in [-0.05, 0) is 62.2 Å². The molecule has 4 rings (SSSR count). The Labute approximate surface area is 185 Å². The van der Waals surface area contributed by atoms with Crippen molar-refractivity contribution in [1.29, 1.82) is 0 Å². The van der Waals surface area contributed by atoms with E-state index in [1.54, 1.807) is 7.11 Å². The van der Waals surface area contributed by atoms with Gasteiger partial charge in [-0.2, -0.15) is 9.30 Å². The van der Waals surface area contributed by atoms with E-state index in [9.17, 15) is 13.2 Å². The minimum absolute atomic E-state index is 0.212. The van der Waals surface area contributed by atoms with Crippen molar-refractivity contribution in [1.82, 2.24) is 8.87 Å². The Balaban J connectivity index is 1.64. The van der Waals surface area contributed by atoms with Crippen LogP contribution in [0.4, 0.5) is 0 Å². The molecule has 3 aromatic rings. The monoisotopic (exact) mass is 459 g/mol. The minimum atomic E-state index is -3.52. The molecule has 1 aliphatic heterocycles. The molecule has 0 saturated carbocycles. The van der Waals surface area contributed by atoms with Gasteiger partial charge in [0.25, 0.3) is 5.91 Å². The van der Waals surface area contributed by atoms with Crippen LogP contribution in [0.1, 0.15) is 36.5 Å². The van der Waals surface area contributed by atoms with Crippen molar-refractivity contribution in [2.45, 2.75) is 37.6 Å². The lowest BCUT2D eigenvalue weighted by Gasteiger charge is -2.25. The fourth-order valence-corrected chi connectivity index (χ4v) is 6.38. The third-order valence-electron chi connectivity index (χ3n) is 5.46. The summed E-state index contributed by atoms with van der Waals surface area (Å²) < 4.78 is 35.4. The van der Waals surface area contributed by atoms with Crippen molar-refractivity contribution in [2.24, 2.45) is 4.99 Å². The average Bonchev–Trinajstić information content (AvgIpc) is 3.15. The third kappa shape index (κ3) is 4.30. The number of aromatic nitrogens is 1. The molecule has 31 heavy (non-hydrogen) atoms. The van der Waals surface area contributed by atoms with E-state index in [0.29, 0.717) is 30.0 Å². The van der Waals surface area contributed by atoms with Crippen LogP contribution >= 0.6 is 11.3 Å². The third-order valence-corrected chi connectivity index (χ3v) is 8.41. The van der Waals surface area contributed by atoms with E-state index in [1.807, 2.05) is 29.7 Å². The van der Waals surface area contributed by atoms with Crippen molar-refractivity contribution in [3.63, 3.8) is 0 Å². The number of hydrogen-bond donors (Lipinski definition) is 0. The first-order chi connectivity index (χ1) is 14.9. The first-order valence-corrected chi connectivity index (χ1v) is 12.6. The Kier molecular flexibility index (Phi) is 6.27. The number of amides is 1. The molecule has 1 aromatic heterocycles. The lowest BCUT2D eigenvalue weighted by molar-refractivity contribution is 0.0997. The van der Waals surface area contributed by atoms with E-state index in [4.69, 9.17) is 4.74 Å². The molecule has 1 amide bonds. The van der Waals surface area contributed by atoms with Gasteiger partial charge in [0.15, 0.2) is 4.80 Å². The summed E-state index contributed by atoms with van der Waals surface area (Å²) in [5, 5.41) is 0. The second kappa shape index (κ2) is 8.94. The fourth-order valence-electron chi connectivity index (χ4n) is 3.75. The van der Waals surface area contributed by atoms with Crippen molar-refractivity contribution < 1.29 is 17.9 Å². The molecular weight excluding hydrogens is 434 g/mol. The molecule has 0 aliphatic carbocycles. The molecule has 0 atom stereocenters. The lowest BCUT2D eigenvalue weighted by atomic mass is 10.2. The summed E-state index contributed by atoms with van der Waals surface area (Å²) in [6.07, 6.45) is 2.82. The summed E-state index contributed by atoms with van der Waals surface area (Å²) in [5.74, 6) is 0.350. The van der Waals surface area contributed by atoms with Gasteiger partial charge < -0.3 is 9.30 Å². The van der Waals surface area contributed by atoms with Crippen LogP contribution in [0, 0.1) is 0 Å². The second-order valence-electron chi connectivity index (χ2n) is 7.37. The first kappa shape index (κ1) is 21.7. The number of carbonyl (C=O) groups excluding carboxylic acids is 1. The topological polar surface area (TPSA) is 81.0 Å². The van der Waals surface area contributed by atoms with E-state index in [-0.39, 0.29) is 4.90 Å². The van der Waals surface area contributed by atoms with Crippen LogP contribution in [0.2, 0.25) is 0 Å². The van der Waals surface area contributed by atoms with E-state index < -0.39 is 15.9 Å². The summed E-state index contributed by atoms with van der Waals surface area (Å²) in [5.41, 5.74) is 1.35. The van der Waals surface area contributed by atoms with Crippen LogP contribution in [0.3, 0.4) is 0 Å². The quantitative estimate of drug-likeness (QED) is 0.583. The average molecular weight is 460 g/mol. The van der Waals surface area contributed by atoms with Crippen LogP contribution < -0.4 is 9.54 Å². The van der Waals surface area contributed by atoms with E-state index in [1.165, 1.54) is 39.9 Å². The molecule has 0 N–H and O–H groups in total. The number of piperidine rings is 1. The van der Waals surface area contributed by atoms with Gasteiger partial charge in [-0.25, -0.2) is 8.42 Å². The number of benzene rings is 2. The van der Waals surface area contributed by atoms with Gasteiger partial charge in [0.2, 0.25) is 10.0 Å². The van der Waals surface area contributed by atoms with Crippen molar-refractivity contribution in [3.05, 3.63) is 52.8 Å². The zero-order chi connectivity index (χ0) is 22.0. The first-order valence-electron chi connectivity index (χ1n) is 10.3. The van der Waals surface area contributed by atoms with Gasteiger partial charge in [-0.3, -0.25) is 4.79 Å². The Morgan fingerprint density at radius 1 is 1.10 bits per heavy atom. The lowest BCUT2D eigenvalue weighted by Crippen LogP contribution is -2.35. The summed E-state index contributed by atoms with van der Waals surface area (Å²) >= 11 is 1.42. The number of sulfonamides is 1. The predicted molar refractivity (Wildman–Crippen MR) is 121 cm³/mol. The van der Waals surface area contributed by atoms with Crippen LogP contribution in [-0.4, -0.2) is 43.4 Å². The van der Waals surface area contributed by atoms with Gasteiger partial charge in [0.1, 0.15) is 5.75 Å². The van der Waals surface area contributed by atoms with Crippen molar-refractivity contribution in [2.75, 3.05) is 20.2 Å². The number of thiazole rings is 1. The normalized spacial score (nSPS) is 16.0. The molecule has 0 radical (unpaired) electrons. The summed E-state index contributed by atoms with van der Waals surface area (Å²) in [7, 11) is -1.90. The molecule has 7 nitrogen and oxygen atoms in total. The molecule has 1 aliphatic rings. The molecule has 164 valence electrons. The number of nitrogens with zero attached hydrogens (tertiary/aromatic N) is 3. The molecule has 0 unspecified atom stereocenters. The van der Waals surface area contributed by atoms with Crippen LogP contribution in [0.15, 0.2) is 52.4 Å². The van der Waals surface area contributed by atoms with E-state index in [2.05, 4.69) is 4.99 Å². The van der Waals surface area contributed by atoms with Crippen molar-refractivity contribution in [3.8, 4) is 5.75 Å². The molecule has 2 heterocycles. The fraction of sp³-hybridized carbons (Fsp3) is 0.364. The molecule has 0 bridgehead atoms. The SMILES string of the molecule is CCn1c(=NC(=O)c2ccc(S(=O)(=O)N3CCCCC3)cc2)sc2cc(OC)ccc21. The zero-order valence-corrected chi connectivity index (χ0v) is 19.2. The molecule has 0 spiro atoms. The zero-order valence-electron chi connectivity index (χ0n) is 17.6. The number of fused-ring (bicyclic) bond motifs is 1. The Morgan fingerprint density at radius 3 is 2.45 bits per heavy atom. The van der Waals surface area contributed by atoms with E-state index >= 15 is 0 Å². The highest BCUT2D eigenvalue weighted by Gasteiger charge is 2.25. The minimum Gasteiger partial charge on any atom is -0.497 e. The number of ether oxygens (including phenoxy) is 1. The molecule has 9 heteroatoms. The Hall–Kier alpha value is -2.49. The van der Waals surface area contributed by atoms with Crippen LogP contribution in [0.25, 0.3) is 10.2 Å². The highest BCUT2D eigenvalue weighted by molar-refractivity contribution is 7.89. The van der Waals surface area contributed by atoms with Gasteiger partial charge in [-0.15, -0.1) is 0 Å². The maximum Gasteiger partial charge on any atom is 0.279 e. The second-order valence-corrected chi connectivity index (χ2v) is 10.3.